The molecule has 3 rings (SSSR count). The minimum Gasteiger partial charge on any atom is -0.478 e. The predicted octanol–water partition coefficient (Wildman–Crippen LogP) is 2.10. The van der Waals surface area contributed by atoms with Gasteiger partial charge in [-0.25, -0.2) is 4.79 Å². The Morgan fingerprint density at radius 3 is 3.00 bits per heavy atom. The van der Waals surface area contributed by atoms with E-state index in [2.05, 4.69) is 0 Å². The summed E-state index contributed by atoms with van der Waals surface area (Å²) in [6, 6.07) is 7.72. The summed E-state index contributed by atoms with van der Waals surface area (Å²) in [7, 11) is 0. The van der Waals surface area contributed by atoms with Crippen molar-refractivity contribution in [2.24, 2.45) is 0 Å². The van der Waals surface area contributed by atoms with E-state index in [0.717, 1.165) is 37.2 Å². The zero-order valence-corrected chi connectivity index (χ0v) is 10.8. The number of hydrogen-bond donors (Lipinski definition) is 0. The molecule has 0 amide bonds. The van der Waals surface area contributed by atoms with Crippen LogP contribution in [0.25, 0.3) is 0 Å². The summed E-state index contributed by atoms with van der Waals surface area (Å²) >= 11 is 0. The molecule has 0 aliphatic carbocycles. The van der Waals surface area contributed by atoms with E-state index in [9.17, 15) is 4.79 Å². The van der Waals surface area contributed by atoms with Crippen molar-refractivity contribution in [2.75, 3.05) is 13.2 Å². The largest absolute Gasteiger partial charge is 0.478 e. The smallest absolute Gasteiger partial charge is 0.347 e. The van der Waals surface area contributed by atoms with Gasteiger partial charge in [-0.15, -0.1) is 0 Å². The maximum atomic E-state index is 12.0. The first kappa shape index (κ1) is 12.5. The summed E-state index contributed by atoms with van der Waals surface area (Å²) < 4.78 is 16.4. The average Bonchev–Trinajstić information content (AvgIpc) is 2.90. The number of carbonyl (C=O) groups is 1. The van der Waals surface area contributed by atoms with Gasteiger partial charge in [-0.3, -0.25) is 0 Å². The average molecular weight is 262 g/mol. The summed E-state index contributed by atoms with van der Waals surface area (Å²) in [4.78, 5) is 12.0. The maximum absolute atomic E-state index is 12.0. The highest BCUT2D eigenvalue weighted by Gasteiger charge is 2.30. The quantitative estimate of drug-likeness (QED) is 0.783. The van der Waals surface area contributed by atoms with Gasteiger partial charge in [0.05, 0.1) is 6.10 Å². The number of hydrogen-bond acceptors (Lipinski definition) is 4. The van der Waals surface area contributed by atoms with E-state index in [4.69, 9.17) is 14.2 Å². The zero-order valence-electron chi connectivity index (χ0n) is 10.8. The summed E-state index contributed by atoms with van der Waals surface area (Å²) in [6.07, 6.45) is 3.38. The van der Waals surface area contributed by atoms with Crippen molar-refractivity contribution in [3.8, 4) is 5.75 Å². The molecule has 2 aliphatic rings. The van der Waals surface area contributed by atoms with Gasteiger partial charge in [0.2, 0.25) is 0 Å². The first-order valence-corrected chi connectivity index (χ1v) is 6.86. The molecule has 2 unspecified atom stereocenters. The molecule has 1 saturated heterocycles. The molecule has 0 radical (unpaired) electrons. The highest BCUT2D eigenvalue weighted by atomic mass is 16.6. The number of para-hydroxylation sites is 1. The fraction of sp³-hybridized carbons (Fsp3) is 0.533. The van der Waals surface area contributed by atoms with Gasteiger partial charge in [-0.2, -0.15) is 0 Å². The Morgan fingerprint density at radius 1 is 1.32 bits per heavy atom. The van der Waals surface area contributed by atoms with E-state index in [1.807, 2.05) is 24.3 Å². The van der Waals surface area contributed by atoms with Crippen molar-refractivity contribution < 1.29 is 19.0 Å². The molecule has 0 spiro atoms. The van der Waals surface area contributed by atoms with Crippen LogP contribution < -0.4 is 4.74 Å². The summed E-state index contributed by atoms with van der Waals surface area (Å²) in [5.41, 5.74) is 1.07. The minimum absolute atomic E-state index is 0.0569. The molecule has 0 bridgehead atoms. The Morgan fingerprint density at radius 2 is 2.21 bits per heavy atom. The Bertz CT molecular complexity index is 426. The van der Waals surface area contributed by atoms with Crippen molar-refractivity contribution in [1.82, 2.24) is 0 Å². The van der Waals surface area contributed by atoms with Crippen LogP contribution in [0.1, 0.15) is 24.8 Å². The molecule has 2 atom stereocenters. The molecule has 4 heteroatoms. The van der Waals surface area contributed by atoms with Gasteiger partial charge in [-0.05, 0) is 30.9 Å². The predicted molar refractivity (Wildman–Crippen MR) is 69.1 cm³/mol. The summed E-state index contributed by atoms with van der Waals surface area (Å²) in [6.45, 7) is 1.11. The second-order valence-corrected chi connectivity index (χ2v) is 5.04. The van der Waals surface area contributed by atoms with Gasteiger partial charge in [0.25, 0.3) is 0 Å². The fourth-order valence-electron chi connectivity index (χ4n) is 2.52. The number of ether oxygens (including phenoxy) is 3. The van der Waals surface area contributed by atoms with Gasteiger partial charge in [-0.1, -0.05) is 18.2 Å². The molecule has 0 N–H and O–H groups in total. The second kappa shape index (κ2) is 5.61. The molecule has 2 aliphatic heterocycles. The van der Waals surface area contributed by atoms with E-state index in [1.54, 1.807) is 0 Å². The van der Waals surface area contributed by atoms with Crippen LogP contribution in [0.4, 0.5) is 0 Å². The van der Waals surface area contributed by atoms with Crippen LogP contribution in [0, 0.1) is 0 Å². The lowest BCUT2D eigenvalue weighted by molar-refractivity contribution is -0.156. The van der Waals surface area contributed by atoms with Crippen LogP contribution in [-0.2, 0) is 20.7 Å². The number of fused-ring (bicyclic) bond motifs is 1. The van der Waals surface area contributed by atoms with Crippen molar-refractivity contribution in [3.63, 3.8) is 0 Å². The van der Waals surface area contributed by atoms with E-state index in [-0.39, 0.29) is 12.1 Å². The highest BCUT2D eigenvalue weighted by molar-refractivity contribution is 5.76. The topological polar surface area (TPSA) is 44.8 Å². The van der Waals surface area contributed by atoms with Gasteiger partial charge >= 0.3 is 5.97 Å². The van der Waals surface area contributed by atoms with Gasteiger partial charge in [0, 0.05) is 13.0 Å². The number of benzene rings is 1. The fourth-order valence-corrected chi connectivity index (χ4v) is 2.52. The molecule has 1 aromatic rings. The molecule has 19 heavy (non-hydrogen) atoms. The van der Waals surface area contributed by atoms with Crippen molar-refractivity contribution in [3.05, 3.63) is 29.8 Å². The van der Waals surface area contributed by atoms with E-state index < -0.39 is 6.10 Å². The normalized spacial score (nSPS) is 25.5. The Hall–Kier alpha value is -1.55. The molecule has 0 saturated carbocycles. The lowest BCUT2D eigenvalue weighted by atomic mass is 10.1. The Balaban J connectivity index is 1.49. The summed E-state index contributed by atoms with van der Waals surface area (Å²) in [5.74, 6) is 0.503. The Kier molecular flexibility index (Phi) is 3.69. The lowest BCUT2D eigenvalue weighted by Gasteiger charge is -2.22. The second-order valence-electron chi connectivity index (χ2n) is 5.04. The third-order valence-corrected chi connectivity index (χ3v) is 3.60. The lowest BCUT2D eigenvalue weighted by Crippen LogP contribution is -2.32. The van der Waals surface area contributed by atoms with Crippen molar-refractivity contribution in [2.45, 2.75) is 37.9 Å². The molecular formula is C15H18O4. The van der Waals surface area contributed by atoms with Crippen molar-refractivity contribution in [1.29, 1.82) is 0 Å². The maximum Gasteiger partial charge on any atom is 0.347 e. The van der Waals surface area contributed by atoms with E-state index >= 15 is 0 Å². The molecular weight excluding hydrogens is 244 g/mol. The minimum atomic E-state index is -0.499. The first-order valence-electron chi connectivity index (χ1n) is 6.86. The van der Waals surface area contributed by atoms with Crippen LogP contribution in [0.2, 0.25) is 0 Å². The highest BCUT2D eigenvalue weighted by Crippen LogP contribution is 2.28. The summed E-state index contributed by atoms with van der Waals surface area (Å²) in [5, 5.41) is 0. The van der Waals surface area contributed by atoms with E-state index in [1.165, 1.54) is 0 Å². The number of rotatable bonds is 3. The van der Waals surface area contributed by atoms with Crippen LogP contribution in [-0.4, -0.2) is 31.4 Å². The molecule has 1 aromatic carbocycles. The van der Waals surface area contributed by atoms with Crippen LogP contribution in [0.15, 0.2) is 24.3 Å². The molecule has 102 valence electrons. The monoisotopic (exact) mass is 262 g/mol. The SMILES string of the molecule is O=C(OCC1CCCCO1)C1Cc2ccccc2O1. The molecule has 0 aromatic heterocycles. The molecule has 4 nitrogen and oxygen atoms in total. The Labute approximate surface area is 112 Å². The van der Waals surface area contributed by atoms with Gasteiger partial charge in [0.15, 0.2) is 6.10 Å². The first-order chi connectivity index (χ1) is 9.33. The van der Waals surface area contributed by atoms with E-state index in [0.29, 0.717) is 13.0 Å². The zero-order chi connectivity index (χ0) is 13.1. The number of carbonyl (C=O) groups excluding carboxylic acids is 1. The van der Waals surface area contributed by atoms with Gasteiger partial charge < -0.3 is 14.2 Å². The van der Waals surface area contributed by atoms with Crippen LogP contribution in [0.3, 0.4) is 0 Å². The molecule has 1 fully saturated rings. The van der Waals surface area contributed by atoms with Crippen LogP contribution >= 0.6 is 0 Å². The van der Waals surface area contributed by atoms with Crippen molar-refractivity contribution >= 4 is 5.97 Å². The number of esters is 1. The standard InChI is InChI=1S/C15H18O4/c16-15(18-10-12-6-3-4-8-17-12)14-9-11-5-1-2-7-13(11)19-14/h1-2,5,7,12,14H,3-4,6,8-10H2. The third kappa shape index (κ3) is 2.89. The molecule has 2 heterocycles. The third-order valence-electron chi connectivity index (χ3n) is 3.60. The van der Waals surface area contributed by atoms with Crippen LogP contribution in [0.5, 0.6) is 5.75 Å². The van der Waals surface area contributed by atoms with Gasteiger partial charge in [0.1, 0.15) is 12.4 Å².